The van der Waals surface area contributed by atoms with Crippen LogP contribution < -0.4 is 4.83 Å². The van der Waals surface area contributed by atoms with Crippen LogP contribution in [0.5, 0.6) is 0 Å². The molecule has 0 bridgehead atoms. The molecule has 0 spiro atoms. The summed E-state index contributed by atoms with van der Waals surface area (Å²) in [6, 6.07) is 13.8. The highest BCUT2D eigenvalue weighted by molar-refractivity contribution is 7.97. The van der Waals surface area contributed by atoms with Gasteiger partial charge in [0.15, 0.2) is 6.04 Å². The molecule has 0 saturated carbocycles. The van der Waals surface area contributed by atoms with Gasteiger partial charge in [-0.15, -0.1) is 0 Å². The highest BCUT2D eigenvalue weighted by Crippen LogP contribution is 2.37. The number of carbonyl (C=O) groups is 2. The molecule has 0 unspecified atom stereocenters. The molecule has 0 radical (unpaired) electrons. The predicted octanol–water partition coefficient (Wildman–Crippen LogP) is 9.01. The second kappa shape index (κ2) is 15.6. The average Bonchev–Trinajstić information content (AvgIpc) is 3.37. The molecule has 2 amide bonds. The monoisotopic (exact) mass is 654 g/mol. The van der Waals surface area contributed by atoms with Gasteiger partial charge in [0.2, 0.25) is 0 Å². The molecule has 3 atom stereocenters. The molecule has 1 fully saturated rings. The molecule has 1 aliphatic rings. The van der Waals surface area contributed by atoms with Gasteiger partial charge >= 0.3 is 6.09 Å². The third-order valence-electron chi connectivity index (χ3n) is 8.08. The van der Waals surface area contributed by atoms with Crippen molar-refractivity contribution in [1.29, 1.82) is 0 Å². The van der Waals surface area contributed by atoms with E-state index in [0.717, 1.165) is 38.6 Å². The molecule has 246 valence electrons. The molecule has 4 rings (SSSR count). The van der Waals surface area contributed by atoms with E-state index in [1.807, 2.05) is 30.3 Å². The maximum Gasteiger partial charge on any atom is 0.417 e. The number of amides is 2. The second-order valence-corrected chi connectivity index (χ2v) is 13.2. The summed E-state index contributed by atoms with van der Waals surface area (Å²) in [4.78, 5) is 31.6. The standard InChI is InChI=1S/C35H41F3N4O3S/c1-20(2)24-15-29(21(3)4)33(30(16-24)22(5)6)46-41-40-39-32(31(18-36)25-13-26(37)17-27(38)14-25)34(43)42-28(19-45-35(42)44)12-23-10-8-7-9-11-23/h7-11,13-17,20-22,28,31-32H,12,18-19H2,1-6H3,(H,39,41)/t28-,31+,32-/m0/s1. The van der Waals surface area contributed by atoms with E-state index >= 15 is 0 Å². The van der Waals surface area contributed by atoms with Crippen LogP contribution >= 0.6 is 11.9 Å². The van der Waals surface area contributed by atoms with Crippen molar-refractivity contribution < 1.29 is 27.5 Å². The van der Waals surface area contributed by atoms with Crippen molar-refractivity contribution in [1.82, 2.24) is 9.73 Å². The molecule has 3 aromatic rings. The summed E-state index contributed by atoms with van der Waals surface area (Å²) in [7, 11) is 0. The van der Waals surface area contributed by atoms with Crippen LogP contribution in [-0.4, -0.2) is 42.3 Å². The van der Waals surface area contributed by atoms with Crippen LogP contribution in [0.4, 0.5) is 18.0 Å². The molecule has 1 saturated heterocycles. The Morgan fingerprint density at radius 2 is 1.54 bits per heavy atom. The van der Waals surface area contributed by atoms with Gasteiger partial charge in [0, 0.05) is 28.8 Å². The Bertz CT molecular complexity index is 1500. The van der Waals surface area contributed by atoms with E-state index in [2.05, 4.69) is 68.8 Å². The molecular weight excluding hydrogens is 613 g/mol. The first-order valence-electron chi connectivity index (χ1n) is 15.5. The SMILES string of the molecule is CC(C)c1cc(C(C)C)c(SNN=N[C@H](C(=O)N2C(=O)OC[C@@H]2Cc2ccccc2)[C@H](CF)c2cc(F)cc(F)c2)c(C(C)C)c1. The Labute approximate surface area is 273 Å². The lowest BCUT2D eigenvalue weighted by molar-refractivity contribution is -0.131. The molecule has 1 heterocycles. The van der Waals surface area contributed by atoms with Gasteiger partial charge < -0.3 is 4.74 Å². The van der Waals surface area contributed by atoms with Crippen LogP contribution in [0.15, 0.2) is 75.9 Å². The topological polar surface area (TPSA) is 83.4 Å². The Balaban J connectivity index is 1.68. The average molecular weight is 655 g/mol. The summed E-state index contributed by atoms with van der Waals surface area (Å²) in [6.45, 7) is 11.5. The van der Waals surface area contributed by atoms with Gasteiger partial charge in [-0.25, -0.2) is 23.3 Å². The number of nitrogens with zero attached hydrogens (tertiary/aromatic N) is 3. The second-order valence-electron chi connectivity index (χ2n) is 12.4. The van der Waals surface area contributed by atoms with E-state index in [-0.39, 0.29) is 24.0 Å². The highest BCUT2D eigenvalue weighted by Gasteiger charge is 2.44. The fourth-order valence-electron chi connectivity index (χ4n) is 5.52. The van der Waals surface area contributed by atoms with Crippen molar-refractivity contribution >= 4 is 23.9 Å². The van der Waals surface area contributed by atoms with Crippen LogP contribution in [0.1, 0.15) is 93.0 Å². The first-order chi connectivity index (χ1) is 21.9. The zero-order valence-electron chi connectivity index (χ0n) is 27.0. The van der Waals surface area contributed by atoms with Gasteiger partial charge in [-0.3, -0.25) is 9.18 Å². The fraction of sp³-hybridized carbons (Fsp3) is 0.429. The smallest absolute Gasteiger partial charge is 0.417 e. The summed E-state index contributed by atoms with van der Waals surface area (Å²) < 4.78 is 48.4. The molecule has 0 aromatic heterocycles. The number of hydrogen-bond acceptors (Lipinski definition) is 6. The summed E-state index contributed by atoms with van der Waals surface area (Å²) in [5.41, 5.74) is 4.20. The van der Waals surface area contributed by atoms with Crippen LogP contribution in [0, 0.1) is 11.6 Å². The van der Waals surface area contributed by atoms with E-state index in [9.17, 15) is 22.8 Å². The Morgan fingerprint density at radius 3 is 2.09 bits per heavy atom. The van der Waals surface area contributed by atoms with Crippen molar-refractivity contribution in [3.63, 3.8) is 0 Å². The first-order valence-corrected chi connectivity index (χ1v) is 16.3. The highest BCUT2D eigenvalue weighted by atomic mass is 32.2. The molecule has 7 nitrogen and oxygen atoms in total. The molecule has 1 N–H and O–H groups in total. The zero-order valence-corrected chi connectivity index (χ0v) is 27.8. The lowest BCUT2D eigenvalue weighted by Gasteiger charge is -2.26. The van der Waals surface area contributed by atoms with Crippen molar-refractivity contribution in [3.8, 4) is 0 Å². The number of cyclic esters (lactones) is 1. The summed E-state index contributed by atoms with van der Waals surface area (Å²) in [6.07, 6.45) is -0.599. The first kappa shape index (κ1) is 35.0. The normalized spacial score (nSPS) is 16.5. The van der Waals surface area contributed by atoms with Gasteiger partial charge in [0.1, 0.15) is 18.2 Å². The fourth-order valence-corrected chi connectivity index (χ4v) is 6.52. The van der Waals surface area contributed by atoms with Crippen LogP contribution in [0.3, 0.4) is 0 Å². The lowest BCUT2D eigenvalue weighted by atomic mass is 9.89. The Hall–Kier alpha value is -3.86. The molecule has 1 aliphatic heterocycles. The van der Waals surface area contributed by atoms with Crippen molar-refractivity contribution in [2.45, 2.75) is 88.6 Å². The summed E-state index contributed by atoms with van der Waals surface area (Å²) in [5.74, 6) is -3.43. The quantitative estimate of drug-likeness (QED) is 0.113. The van der Waals surface area contributed by atoms with Crippen LogP contribution in [0.25, 0.3) is 0 Å². The maximum atomic E-state index is 14.7. The summed E-state index contributed by atoms with van der Waals surface area (Å²) in [5, 5.41) is 8.25. The Kier molecular flexibility index (Phi) is 11.9. The third kappa shape index (κ3) is 8.29. The third-order valence-corrected chi connectivity index (χ3v) is 8.92. The minimum absolute atomic E-state index is 0.0609. The number of alkyl halides is 1. The lowest BCUT2D eigenvalue weighted by Crippen LogP contribution is -2.47. The molecule has 0 aliphatic carbocycles. The predicted molar refractivity (Wildman–Crippen MR) is 174 cm³/mol. The molecule has 11 heteroatoms. The van der Waals surface area contributed by atoms with Gasteiger partial charge in [-0.2, -0.15) is 5.11 Å². The van der Waals surface area contributed by atoms with Crippen molar-refractivity contribution in [2.24, 2.45) is 10.3 Å². The van der Waals surface area contributed by atoms with Gasteiger partial charge in [0.05, 0.1) is 12.7 Å². The maximum absolute atomic E-state index is 14.7. The number of carbonyl (C=O) groups excluding carboxylic acids is 2. The Morgan fingerprint density at radius 1 is 0.935 bits per heavy atom. The van der Waals surface area contributed by atoms with E-state index in [0.29, 0.717) is 18.4 Å². The molecular formula is C35H41F3N4O3S. The van der Waals surface area contributed by atoms with E-state index in [4.69, 9.17) is 4.74 Å². The van der Waals surface area contributed by atoms with Gasteiger partial charge in [0.25, 0.3) is 5.91 Å². The van der Waals surface area contributed by atoms with E-state index < -0.39 is 48.3 Å². The number of benzene rings is 3. The minimum Gasteiger partial charge on any atom is -0.447 e. The number of halogens is 3. The zero-order chi connectivity index (χ0) is 33.5. The molecule has 3 aromatic carbocycles. The number of ether oxygens (including phenoxy) is 1. The van der Waals surface area contributed by atoms with Gasteiger partial charge in [-0.05, 0) is 64.1 Å². The largest absolute Gasteiger partial charge is 0.447 e. The van der Waals surface area contributed by atoms with E-state index in [1.165, 1.54) is 17.5 Å². The van der Waals surface area contributed by atoms with Crippen LogP contribution in [-0.2, 0) is 16.0 Å². The molecule has 46 heavy (non-hydrogen) atoms. The van der Waals surface area contributed by atoms with E-state index in [1.54, 1.807) is 0 Å². The number of nitrogens with one attached hydrogen (secondary N) is 1. The summed E-state index contributed by atoms with van der Waals surface area (Å²) >= 11 is 1.22. The van der Waals surface area contributed by atoms with Crippen molar-refractivity contribution in [3.05, 3.63) is 100 Å². The number of imide groups is 1. The number of hydrogen-bond donors (Lipinski definition) is 1. The van der Waals surface area contributed by atoms with Crippen LogP contribution in [0.2, 0.25) is 0 Å². The van der Waals surface area contributed by atoms with Crippen molar-refractivity contribution in [2.75, 3.05) is 13.3 Å². The minimum atomic E-state index is -1.62. The number of rotatable bonds is 13. The van der Waals surface area contributed by atoms with Gasteiger partial charge in [-0.1, -0.05) is 89.2 Å².